The quantitative estimate of drug-likeness (QED) is 0.559. The molecule has 0 saturated carbocycles. The number of Topliss-reactive ketones (excluding diaryl/α,β-unsaturated/α-hetero) is 1. The van der Waals surface area contributed by atoms with E-state index >= 15 is 0 Å². The second kappa shape index (κ2) is 8.60. The highest BCUT2D eigenvalue weighted by molar-refractivity contribution is 7.94. The molecule has 0 aliphatic carbocycles. The van der Waals surface area contributed by atoms with Crippen molar-refractivity contribution < 1.29 is 22.4 Å². The molecule has 0 radical (unpaired) electrons. The van der Waals surface area contributed by atoms with Gasteiger partial charge in [-0.15, -0.1) is 21.5 Å². The Kier molecular flexibility index (Phi) is 5.88. The van der Waals surface area contributed by atoms with Crippen molar-refractivity contribution in [1.82, 2.24) is 15.1 Å². The molecule has 0 atom stereocenters. The minimum absolute atomic E-state index is 0.0397. The van der Waals surface area contributed by atoms with Gasteiger partial charge in [-0.1, -0.05) is 12.1 Å². The number of carbonyl (C=O) groups excluding carboxylic acids is 2. The number of carbonyl (C=O) groups is 2. The third-order valence-electron chi connectivity index (χ3n) is 4.86. The van der Waals surface area contributed by atoms with Crippen molar-refractivity contribution in [2.75, 3.05) is 17.8 Å². The molecule has 1 aliphatic heterocycles. The molecule has 1 aliphatic rings. The molecule has 11 heteroatoms. The number of ketones is 1. The van der Waals surface area contributed by atoms with Crippen LogP contribution in [0.1, 0.15) is 47.2 Å². The minimum atomic E-state index is -3.88. The molecule has 31 heavy (non-hydrogen) atoms. The van der Waals surface area contributed by atoms with Gasteiger partial charge in [0.25, 0.3) is 10.0 Å². The molecule has 9 nitrogen and oxygen atoms in total. The number of hydrogen-bond acceptors (Lipinski definition) is 8. The lowest BCUT2D eigenvalue weighted by Gasteiger charge is -2.24. The lowest BCUT2D eigenvalue weighted by molar-refractivity contribution is 0.0684. The Labute approximate surface area is 183 Å². The van der Waals surface area contributed by atoms with E-state index in [1.807, 2.05) is 0 Å². The number of amides is 1. The fourth-order valence-electron chi connectivity index (χ4n) is 3.24. The zero-order valence-corrected chi connectivity index (χ0v) is 18.3. The van der Waals surface area contributed by atoms with Crippen LogP contribution in [0.4, 0.5) is 5.69 Å². The Morgan fingerprint density at radius 3 is 2.65 bits per heavy atom. The number of nitrogens with one attached hydrogen (secondary N) is 1. The fraction of sp³-hybridized carbons (Fsp3) is 0.300. The maximum Gasteiger partial charge on any atom is 0.311 e. The van der Waals surface area contributed by atoms with Crippen molar-refractivity contribution in [2.45, 2.75) is 30.4 Å². The Bertz CT molecular complexity index is 1230. The summed E-state index contributed by atoms with van der Waals surface area (Å²) in [6.07, 6.45) is 2.99. The van der Waals surface area contributed by atoms with Gasteiger partial charge in [0.1, 0.15) is 4.21 Å². The van der Waals surface area contributed by atoms with Gasteiger partial charge >= 0.3 is 11.8 Å². The number of benzene rings is 1. The van der Waals surface area contributed by atoms with Gasteiger partial charge in [0.2, 0.25) is 5.89 Å². The number of sulfonamides is 1. The van der Waals surface area contributed by atoms with Crippen LogP contribution in [0.2, 0.25) is 0 Å². The largest absolute Gasteiger partial charge is 0.412 e. The number of hydrogen-bond donors (Lipinski definition) is 1. The average molecular weight is 461 g/mol. The molecule has 4 rings (SSSR count). The topological polar surface area (TPSA) is 122 Å². The predicted molar refractivity (Wildman–Crippen MR) is 115 cm³/mol. The van der Waals surface area contributed by atoms with Crippen LogP contribution in [0.3, 0.4) is 0 Å². The molecule has 3 aromatic rings. The van der Waals surface area contributed by atoms with E-state index in [1.165, 1.54) is 19.1 Å². The van der Waals surface area contributed by atoms with Crippen molar-refractivity contribution in [1.29, 1.82) is 0 Å². The Morgan fingerprint density at radius 2 is 1.90 bits per heavy atom. The van der Waals surface area contributed by atoms with E-state index in [1.54, 1.807) is 28.5 Å². The fourth-order valence-corrected chi connectivity index (χ4v) is 5.44. The Hall–Kier alpha value is -3.05. The highest BCUT2D eigenvalue weighted by Gasteiger charge is 2.25. The maximum absolute atomic E-state index is 12.7. The van der Waals surface area contributed by atoms with Crippen LogP contribution >= 0.6 is 11.3 Å². The Balaban J connectivity index is 1.51. The standard InChI is InChI=1S/C20H20N4O5S2/c1-13(25)14-6-5-7-16(10-14)23-31(27,28)17-11-15(12-30-17)18-21-22-19(29-18)20(26)24-8-3-2-4-9-24/h5-7,10-12,23H,2-4,8-9H2,1H3. The van der Waals surface area contributed by atoms with Gasteiger partial charge in [0, 0.05) is 29.7 Å². The van der Waals surface area contributed by atoms with E-state index in [0.717, 1.165) is 30.6 Å². The van der Waals surface area contributed by atoms with Crippen molar-refractivity contribution >= 4 is 38.7 Å². The molecule has 1 fully saturated rings. The van der Waals surface area contributed by atoms with Crippen LogP contribution in [0, 0.1) is 0 Å². The van der Waals surface area contributed by atoms with Gasteiger partial charge < -0.3 is 9.32 Å². The molecule has 162 valence electrons. The van der Waals surface area contributed by atoms with Gasteiger partial charge in [-0.05, 0) is 44.4 Å². The molecule has 1 saturated heterocycles. The lowest BCUT2D eigenvalue weighted by atomic mass is 10.1. The van der Waals surface area contributed by atoms with Crippen molar-refractivity contribution in [3.8, 4) is 11.5 Å². The summed E-state index contributed by atoms with van der Waals surface area (Å²) in [6, 6.07) is 7.67. The molecule has 1 amide bonds. The average Bonchev–Trinajstić information content (AvgIpc) is 3.44. The summed E-state index contributed by atoms with van der Waals surface area (Å²) < 4.78 is 33.5. The summed E-state index contributed by atoms with van der Waals surface area (Å²) in [6.45, 7) is 2.73. The normalized spacial score (nSPS) is 14.4. The summed E-state index contributed by atoms with van der Waals surface area (Å²) in [4.78, 5) is 25.7. The maximum atomic E-state index is 12.7. The molecule has 1 N–H and O–H groups in total. The van der Waals surface area contributed by atoms with Gasteiger partial charge in [0.05, 0.1) is 5.56 Å². The molecule has 3 heterocycles. The SMILES string of the molecule is CC(=O)c1cccc(NS(=O)(=O)c2cc(-c3nnc(C(=O)N4CCCCC4)o3)cs2)c1. The molecular formula is C20H20N4O5S2. The van der Waals surface area contributed by atoms with Crippen LogP contribution in [-0.2, 0) is 10.0 Å². The van der Waals surface area contributed by atoms with Gasteiger partial charge in [-0.3, -0.25) is 14.3 Å². The Morgan fingerprint density at radius 1 is 1.13 bits per heavy atom. The van der Waals surface area contributed by atoms with Gasteiger partial charge in [0.15, 0.2) is 5.78 Å². The van der Waals surface area contributed by atoms with Crippen LogP contribution < -0.4 is 4.72 Å². The van der Waals surface area contributed by atoms with E-state index in [0.29, 0.717) is 24.2 Å². The first-order valence-electron chi connectivity index (χ1n) is 9.69. The highest BCUT2D eigenvalue weighted by Crippen LogP contribution is 2.29. The third kappa shape index (κ3) is 4.67. The van der Waals surface area contributed by atoms with Gasteiger partial charge in [-0.2, -0.15) is 0 Å². The monoisotopic (exact) mass is 460 g/mol. The summed E-state index contributed by atoms with van der Waals surface area (Å²) in [5.41, 5.74) is 1.10. The second-order valence-electron chi connectivity index (χ2n) is 7.16. The first kappa shape index (κ1) is 21.2. The van der Waals surface area contributed by atoms with Gasteiger partial charge in [-0.25, -0.2) is 8.42 Å². The zero-order chi connectivity index (χ0) is 22.0. The zero-order valence-electron chi connectivity index (χ0n) is 16.7. The van der Waals surface area contributed by atoms with E-state index in [2.05, 4.69) is 14.9 Å². The first-order chi connectivity index (χ1) is 14.8. The smallest absolute Gasteiger partial charge is 0.311 e. The van der Waals surface area contributed by atoms with Crippen molar-refractivity contribution in [3.05, 3.63) is 47.2 Å². The number of piperidine rings is 1. The van der Waals surface area contributed by atoms with Crippen molar-refractivity contribution in [2.24, 2.45) is 0 Å². The number of thiophene rings is 1. The molecule has 2 aromatic heterocycles. The third-order valence-corrected chi connectivity index (χ3v) is 7.68. The molecule has 0 spiro atoms. The molecule has 0 unspecified atom stereocenters. The van der Waals surface area contributed by atoms with Crippen molar-refractivity contribution in [3.63, 3.8) is 0 Å². The summed E-state index contributed by atoms with van der Waals surface area (Å²) >= 11 is 0.986. The van der Waals surface area contributed by atoms with Crippen LogP contribution in [0.25, 0.3) is 11.5 Å². The predicted octanol–water partition coefficient (Wildman–Crippen LogP) is 3.43. The number of nitrogens with zero attached hydrogens (tertiary/aromatic N) is 3. The molecule has 1 aromatic carbocycles. The second-order valence-corrected chi connectivity index (χ2v) is 9.98. The van der Waals surface area contributed by atoms with E-state index < -0.39 is 10.0 Å². The summed E-state index contributed by atoms with van der Waals surface area (Å²) in [7, 11) is -3.88. The molecule has 0 bridgehead atoms. The van der Waals surface area contributed by atoms with Crippen LogP contribution in [0.15, 0.2) is 44.3 Å². The van der Waals surface area contributed by atoms with Crippen LogP contribution in [-0.4, -0.2) is 48.3 Å². The number of anilines is 1. The summed E-state index contributed by atoms with van der Waals surface area (Å²) in [5, 5.41) is 9.31. The van der Waals surface area contributed by atoms with E-state index in [4.69, 9.17) is 4.42 Å². The van der Waals surface area contributed by atoms with Crippen LogP contribution in [0.5, 0.6) is 0 Å². The summed E-state index contributed by atoms with van der Waals surface area (Å²) in [5.74, 6) is -0.498. The highest BCUT2D eigenvalue weighted by atomic mass is 32.2. The lowest BCUT2D eigenvalue weighted by Crippen LogP contribution is -2.35. The first-order valence-corrected chi connectivity index (χ1v) is 12.1. The number of rotatable bonds is 6. The van der Waals surface area contributed by atoms with E-state index in [9.17, 15) is 18.0 Å². The minimum Gasteiger partial charge on any atom is -0.412 e. The van der Waals surface area contributed by atoms with E-state index in [-0.39, 0.29) is 33.4 Å². The number of likely N-dealkylation sites (tertiary alicyclic amines) is 1. The molecular weight excluding hydrogens is 440 g/mol. The number of aromatic nitrogens is 2.